The first kappa shape index (κ1) is 13.0. The highest BCUT2D eigenvalue weighted by Crippen LogP contribution is 2.32. The minimum absolute atomic E-state index is 0.0273. The molecule has 0 aliphatic rings. The van der Waals surface area contributed by atoms with Gasteiger partial charge in [0.15, 0.2) is 5.69 Å². The van der Waals surface area contributed by atoms with Crippen LogP contribution in [-0.2, 0) is 7.05 Å². The van der Waals surface area contributed by atoms with E-state index in [0.717, 1.165) is 16.2 Å². The van der Waals surface area contributed by atoms with Gasteiger partial charge in [-0.1, -0.05) is 11.6 Å². The second-order valence-corrected chi connectivity index (χ2v) is 4.97. The smallest absolute Gasteiger partial charge is 0.356 e. The van der Waals surface area contributed by atoms with Gasteiger partial charge in [-0.3, -0.25) is 4.68 Å². The average molecular weight is 283 g/mol. The highest BCUT2D eigenvalue weighted by molar-refractivity contribution is 7.98. The second-order valence-electron chi connectivity index (χ2n) is 3.69. The third-order valence-corrected chi connectivity index (χ3v) is 3.57. The largest absolute Gasteiger partial charge is 0.476 e. The molecule has 0 aliphatic carbocycles. The van der Waals surface area contributed by atoms with Crippen LogP contribution in [0.25, 0.3) is 11.3 Å². The number of carboxylic acid groups (broad SMARTS) is 1. The van der Waals surface area contributed by atoms with Gasteiger partial charge < -0.3 is 5.11 Å². The lowest BCUT2D eigenvalue weighted by Crippen LogP contribution is -1.99. The molecule has 0 saturated heterocycles. The van der Waals surface area contributed by atoms with Crippen LogP contribution in [0.3, 0.4) is 0 Å². The molecule has 94 valence electrons. The van der Waals surface area contributed by atoms with Crippen LogP contribution in [0.4, 0.5) is 0 Å². The van der Waals surface area contributed by atoms with E-state index in [1.54, 1.807) is 29.6 Å². The number of aromatic carboxylic acids is 1. The first-order chi connectivity index (χ1) is 8.52. The molecule has 18 heavy (non-hydrogen) atoms. The molecule has 1 heterocycles. The van der Waals surface area contributed by atoms with Gasteiger partial charge in [0.25, 0.3) is 0 Å². The topological polar surface area (TPSA) is 55.1 Å². The van der Waals surface area contributed by atoms with E-state index in [9.17, 15) is 4.79 Å². The molecule has 4 nitrogen and oxygen atoms in total. The summed E-state index contributed by atoms with van der Waals surface area (Å²) in [4.78, 5) is 11.9. The minimum atomic E-state index is -1.04. The van der Waals surface area contributed by atoms with Gasteiger partial charge in [0, 0.05) is 22.5 Å². The lowest BCUT2D eigenvalue weighted by molar-refractivity contribution is 0.0689. The van der Waals surface area contributed by atoms with Crippen molar-refractivity contribution in [3.05, 3.63) is 35.0 Å². The average Bonchev–Trinajstić information content (AvgIpc) is 2.71. The fourth-order valence-corrected chi connectivity index (χ4v) is 2.46. The van der Waals surface area contributed by atoms with Crippen molar-refractivity contribution in [1.82, 2.24) is 9.78 Å². The Morgan fingerprint density at radius 1 is 1.44 bits per heavy atom. The Bertz CT molecular complexity index is 610. The van der Waals surface area contributed by atoms with Crippen molar-refractivity contribution < 1.29 is 9.90 Å². The highest BCUT2D eigenvalue weighted by Gasteiger charge is 2.15. The molecule has 0 saturated carbocycles. The lowest BCUT2D eigenvalue weighted by atomic mass is 10.1. The molecule has 6 heteroatoms. The van der Waals surface area contributed by atoms with Crippen LogP contribution < -0.4 is 0 Å². The normalized spacial score (nSPS) is 10.6. The molecule has 0 unspecified atom stereocenters. The van der Waals surface area contributed by atoms with Crippen LogP contribution in [0, 0.1) is 0 Å². The Hall–Kier alpha value is -1.46. The summed E-state index contributed by atoms with van der Waals surface area (Å²) in [6.45, 7) is 0. The number of halogens is 1. The third-order valence-electron chi connectivity index (χ3n) is 2.54. The molecule has 2 aromatic rings. The molecular weight excluding hydrogens is 272 g/mol. The Balaban J connectivity index is 2.60. The van der Waals surface area contributed by atoms with Gasteiger partial charge in [0.1, 0.15) is 0 Å². The van der Waals surface area contributed by atoms with Crippen molar-refractivity contribution in [3.8, 4) is 11.3 Å². The quantitative estimate of drug-likeness (QED) is 0.879. The van der Waals surface area contributed by atoms with Crippen LogP contribution in [-0.4, -0.2) is 27.1 Å². The summed E-state index contributed by atoms with van der Waals surface area (Å²) in [5.74, 6) is -1.04. The molecule has 1 aromatic carbocycles. The molecule has 0 atom stereocenters. The van der Waals surface area contributed by atoms with Gasteiger partial charge in [-0.05, 0) is 30.5 Å². The molecule has 0 radical (unpaired) electrons. The number of benzene rings is 1. The van der Waals surface area contributed by atoms with Crippen molar-refractivity contribution in [1.29, 1.82) is 0 Å². The first-order valence-corrected chi connectivity index (χ1v) is 6.74. The Kier molecular flexibility index (Phi) is 3.63. The minimum Gasteiger partial charge on any atom is -0.476 e. The van der Waals surface area contributed by atoms with Gasteiger partial charge in [0.05, 0.1) is 5.69 Å². The van der Waals surface area contributed by atoms with E-state index in [1.807, 2.05) is 24.5 Å². The van der Waals surface area contributed by atoms with Crippen molar-refractivity contribution >= 4 is 29.3 Å². The zero-order chi connectivity index (χ0) is 13.3. The number of nitrogens with zero attached hydrogens (tertiary/aromatic N) is 2. The lowest BCUT2D eigenvalue weighted by Gasteiger charge is -2.07. The van der Waals surface area contributed by atoms with Crippen LogP contribution in [0.1, 0.15) is 10.5 Å². The van der Waals surface area contributed by atoms with Crippen LogP contribution in [0.5, 0.6) is 0 Å². The van der Waals surface area contributed by atoms with E-state index in [4.69, 9.17) is 16.7 Å². The van der Waals surface area contributed by atoms with E-state index in [1.165, 1.54) is 0 Å². The van der Waals surface area contributed by atoms with Gasteiger partial charge in [-0.25, -0.2) is 4.79 Å². The maximum absolute atomic E-state index is 10.9. The summed E-state index contributed by atoms with van der Waals surface area (Å²) in [5.41, 5.74) is 1.65. The summed E-state index contributed by atoms with van der Waals surface area (Å²) in [7, 11) is 1.72. The predicted molar refractivity (Wildman–Crippen MR) is 72.4 cm³/mol. The summed E-state index contributed by atoms with van der Waals surface area (Å²) >= 11 is 7.57. The maximum Gasteiger partial charge on any atom is 0.356 e. The second kappa shape index (κ2) is 5.04. The van der Waals surface area contributed by atoms with Crippen molar-refractivity contribution in [2.75, 3.05) is 6.26 Å². The zero-order valence-electron chi connectivity index (χ0n) is 9.85. The van der Waals surface area contributed by atoms with Gasteiger partial charge in [-0.15, -0.1) is 11.8 Å². The molecule has 2 rings (SSSR count). The van der Waals surface area contributed by atoms with Crippen LogP contribution in [0.15, 0.2) is 29.2 Å². The summed E-state index contributed by atoms with van der Waals surface area (Å²) in [6.07, 6.45) is 1.96. The standard InChI is InChI=1S/C12H11ClN2O2S/c1-15-10(6-9(14-15)12(16)17)8-5-7(13)3-4-11(8)18-2/h3-6H,1-2H3,(H,16,17). The summed E-state index contributed by atoms with van der Waals surface area (Å²) in [5, 5.41) is 13.5. The number of carbonyl (C=O) groups is 1. The number of thioether (sulfide) groups is 1. The number of carboxylic acids is 1. The Morgan fingerprint density at radius 3 is 2.72 bits per heavy atom. The monoisotopic (exact) mass is 282 g/mol. The molecular formula is C12H11ClN2O2S. The summed E-state index contributed by atoms with van der Waals surface area (Å²) < 4.78 is 1.55. The fraction of sp³-hybridized carbons (Fsp3) is 0.167. The Morgan fingerprint density at radius 2 is 2.17 bits per heavy atom. The number of hydrogen-bond acceptors (Lipinski definition) is 3. The highest BCUT2D eigenvalue weighted by atomic mass is 35.5. The van der Waals surface area contributed by atoms with Crippen molar-refractivity contribution in [2.45, 2.75) is 4.90 Å². The number of rotatable bonds is 3. The number of hydrogen-bond donors (Lipinski definition) is 1. The van der Waals surface area contributed by atoms with Crippen molar-refractivity contribution in [3.63, 3.8) is 0 Å². The zero-order valence-corrected chi connectivity index (χ0v) is 11.4. The molecule has 0 amide bonds. The third kappa shape index (κ3) is 2.37. The van der Waals surface area contributed by atoms with Gasteiger partial charge in [-0.2, -0.15) is 5.10 Å². The fourth-order valence-electron chi connectivity index (χ4n) is 1.70. The van der Waals surface area contributed by atoms with Crippen LogP contribution >= 0.6 is 23.4 Å². The Labute approximate surface area is 114 Å². The van der Waals surface area contributed by atoms with E-state index in [2.05, 4.69) is 5.10 Å². The van der Waals surface area contributed by atoms with E-state index in [0.29, 0.717) is 5.02 Å². The maximum atomic E-state index is 10.9. The van der Waals surface area contributed by atoms with Crippen LogP contribution in [0.2, 0.25) is 5.02 Å². The molecule has 0 spiro atoms. The van der Waals surface area contributed by atoms with Gasteiger partial charge in [0.2, 0.25) is 0 Å². The SMILES string of the molecule is CSc1ccc(Cl)cc1-c1cc(C(=O)O)nn1C. The first-order valence-electron chi connectivity index (χ1n) is 5.14. The molecule has 1 N–H and O–H groups in total. The van der Waals surface area contributed by atoms with E-state index >= 15 is 0 Å². The number of aromatic nitrogens is 2. The van der Waals surface area contributed by atoms with E-state index < -0.39 is 5.97 Å². The number of aryl methyl sites for hydroxylation is 1. The molecule has 1 aromatic heterocycles. The summed E-state index contributed by atoms with van der Waals surface area (Å²) in [6, 6.07) is 7.09. The van der Waals surface area contributed by atoms with Gasteiger partial charge >= 0.3 is 5.97 Å². The van der Waals surface area contributed by atoms with E-state index in [-0.39, 0.29) is 5.69 Å². The van der Waals surface area contributed by atoms with Crippen molar-refractivity contribution in [2.24, 2.45) is 7.05 Å². The molecule has 0 aliphatic heterocycles. The molecule has 0 fully saturated rings. The predicted octanol–water partition coefficient (Wildman–Crippen LogP) is 3.16. The molecule has 0 bridgehead atoms.